The number of rotatable bonds is 5. The van der Waals surface area contributed by atoms with Crippen LogP contribution in [0, 0.1) is 6.92 Å². The molecule has 6 heteroatoms. The van der Waals surface area contributed by atoms with Crippen LogP contribution in [0.3, 0.4) is 0 Å². The average molecular weight is 350 g/mol. The van der Waals surface area contributed by atoms with E-state index in [4.69, 9.17) is 4.74 Å². The van der Waals surface area contributed by atoms with E-state index in [1.807, 2.05) is 13.0 Å². The number of aliphatic carboxylic acids is 1. The maximum atomic E-state index is 11.8. The van der Waals surface area contributed by atoms with E-state index in [0.29, 0.717) is 18.6 Å². The van der Waals surface area contributed by atoms with Crippen molar-refractivity contribution in [3.05, 3.63) is 29.3 Å². The first-order valence-electron chi connectivity index (χ1n) is 8.62. The quantitative estimate of drug-likeness (QED) is 0.848. The maximum absolute atomic E-state index is 11.8. The summed E-state index contributed by atoms with van der Waals surface area (Å²) in [6.45, 7) is 7.15. The summed E-state index contributed by atoms with van der Waals surface area (Å²) in [6, 6.07) is 6.14. The Morgan fingerprint density at radius 3 is 2.67 bits per heavy atom. The third kappa shape index (κ3) is 4.05. The molecular weight excluding hydrogens is 324 g/mol. The number of nitrogens with zero attached hydrogens (tertiary/aromatic N) is 1. The van der Waals surface area contributed by atoms with Crippen LogP contribution in [-0.2, 0) is 11.3 Å². The third-order valence-electron chi connectivity index (χ3n) is 4.85. The molecule has 3 rings (SSSR count). The fourth-order valence-electron chi connectivity index (χ4n) is 3.32. The molecule has 132 valence electrons. The van der Waals surface area contributed by atoms with Gasteiger partial charge in [0.1, 0.15) is 5.75 Å². The molecule has 24 heavy (non-hydrogen) atoms. The highest BCUT2D eigenvalue weighted by atomic mass is 32.2. The van der Waals surface area contributed by atoms with Gasteiger partial charge in [0.05, 0.1) is 0 Å². The third-order valence-corrected chi connectivity index (χ3v) is 5.84. The van der Waals surface area contributed by atoms with Gasteiger partial charge in [-0.15, -0.1) is 0 Å². The lowest BCUT2D eigenvalue weighted by molar-refractivity contribution is -0.156. The lowest BCUT2D eigenvalue weighted by Gasteiger charge is -2.34. The van der Waals surface area contributed by atoms with Gasteiger partial charge in [-0.2, -0.15) is 11.8 Å². The Hall–Kier alpha value is -1.24. The van der Waals surface area contributed by atoms with Crippen molar-refractivity contribution in [2.24, 2.45) is 0 Å². The number of thioether (sulfide) groups is 1. The van der Waals surface area contributed by atoms with Gasteiger partial charge in [0, 0.05) is 45.6 Å². The zero-order chi connectivity index (χ0) is 17.0. The van der Waals surface area contributed by atoms with E-state index in [0.717, 1.165) is 49.8 Å². The lowest BCUT2D eigenvalue weighted by Crippen LogP contribution is -2.47. The number of hydrogen-bond acceptors (Lipinski definition) is 5. The summed E-state index contributed by atoms with van der Waals surface area (Å²) in [5, 5.41) is 13.0. The van der Waals surface area contributed by atoms with E-state index >= 15 is 0 Å². The van der Waals surface area contributed by atoms with E-state index in [9.17, 15) is 9.90 Å². The molecule has 2 heterocycles. The molecule has 1 aromatic carbocycles. The van der Waals surface area contributed by atoms with Crippen LogP contribution in [-0.4, -0.2) is 59.3 Å². The van der Waals surface area contributed by atoms with Crippen molar-refractivity contribution in [3.8, 4) is 5.75 Å². The van der Waals surface area contributed by atoms with E-state index in [1.165, 1.54) is 5.56 Å². The molecule has 2 N–H and O–H groups in total. The van der Waals surface area contributed by atoms with Crippen LogP contribution < -0.4 is 10.1 Å². The Kier molecular flexibility index (Phi) is 5.69. The molecule has 0 saturated carbocycles. The van der Waals surface area contributed by atoms with E-state index in [-0.39, 0.29) is 0 Å². The normalized spacial score (nSPS) is 21.4. The van der Waals surface area contributed by atoms with Crippen molar-refractivity contribution in [1.29, 1.82) is 0 Å². The molecule has 0 amide bonds. The smallest absolute Gasteiger partial charge is 0.348 e. The van der Waals surface area contributed by atoms with Crippen molar-refractivity contribution in [2.45, 2.75) is 31.9 Å². The van der Waals surface area contributed by atoms with Crippen LogP contribution in [0.4, 0.5) is 0 Å². The highest BCUT2D eigenvalue weighted by Gasteiger charge is 2.42. The number of ether oxygens (including phenoxy) is 1. The predicted molar refractivity (Wildman–Crippen MR) is 96.9 cm³/mol. The molecule has 0 unspecified atom stereocenters. The molecular formula is C18H26N2O3S. The van der Waals surface area contributed by atoms with Crippen LogP contribution in [0.5, 0.6) is 5.75 Å². The molecule has 5 nitrogen and oxygen atoms in total. The largest absolute Gasteiger partial charge is 0.478 e. The first kappa shape index (κ1) is 17.6. The second-order valence-corrected chi connectivity index (χ2v) is 7.86. The Balaban J connectivity index is 1.70. The molecule has 0 spiro atoms. The number of carbonyl (C=O) groups is 1. The second kappa shape index (κ2) is 7.76. The molecule has 0 aliphatic carbocycles. The predicted octanol–water partition coefficient (Wildman–Crippen LogP) is 2.13. The first-order chi connectivity index (χ1) is 11.6. The van der Waals surface area contributed by atoms with Gasteiger partial charge in [-0.3, -0.25) is 4.90 Å². The number of hydrogen-bond donors (Lipinski definition) is 2. The minimum absolute atomic E-state index is 0.564. The first-order valence-corrected chi connectivity index (χ1v) is 9.77. The zero-order valence-corrected chi connectivity index (χ0v) is 15.0. The number of benzene rings is 1. The number of carboxylic acid groups (broad SMARTS) is 1. The minimum Gasteiger partial charge on any atom is -0.478 e. The lowest BCUT2D eigenvalue weighted by atomic mass is 9.96. The fourth-order valence-corrected chi connectivity index (χ4v) is 4.48. The Bertz CT molecular complexity index is 582. The molecule has 0 aromatic heterocycles. The molecule has 0 atom stereocenters. The summed E-state index contributed by atoms with van der Waals surface area (Å²) in [5.41, 5.74) is 1.21. The van der Waals surface area contributed by atoms with Crippen LogP contribution in [0.2, 0.25) is 0 Å². The number of aryl methyl sites for hydroxylation is 1. The van der Waals surface area contributed by atoms with E-state index in [2.05, 4.69) is 22.3 Å². The second-order valence-electron chi connectivity index (χ2n) is 6.64. The van der Waals surface area contributed by atoms with Gasteiger partial charge in [0.25, 0.3) is 0 Å². The molecule has 2 saturated heterocycles. The van der Waals surface area contributed by atoms with Crippen LogP contribution in [0.15, 0.2) is 18.2 Å². The van der Waals surface area contributed by atoms with Gasteiger partial charge >= 0.3 is 5.97 Å². The Morgan fingerprint density at radius 2 is 2.04 bits per heavy atom. The van der Waals surface area contributed by atoms with E-state index < -0.39 is 11.6 Å². The molecule has 0 radical (unpaired) electrons. The van der Waals surface area contributed by atoms with Crippen molar-refractivity contribution >= 4 is 17.7 Å². The fraction of sp³-hybridized carbons (Fsp3) is 0.611. The topological polar surface area (TPSA) is 61.8 Å². The standard InChI is InChI=1S/C18H26N2O3S/c1-14-12-15(13-20-8-6-19-7-9-20)2-3-16(14)23-18(17(21)22)4-10-24-11-5-18/h2-3,12,19H,4-11,13H2,1H3,(H,21,22). The molecule has 2 aliphatic rings. The summed E-state index contributed by atoms with van der Waals surface area (Å²) in [5.74, 6) is 1.54. The Morgan fingerprint density at radius 1 is 1.33 bits per heavy atom. The van der Waals surface area contributed by atoms with Gasteiger partial charge in [-0.1, -0.05) is 12.1 Å². The van der Waals surface area contributed by atoms with Crippen LogP contribution >= 0.6 is 11.8 Å². The summed E-state index contributed by atoms with van der Waals surface area (Å²) >= 11 is 1.80. The van der Waals surface area contributed by atoms with Gasteiger partial charge in [-0.25, -0.2) is 4.79 Å². The molecule has 0 bridgehead atoms. The summed E-state index contributed by atoms with van der Waals surface area (Å²) in [4.78, 5) is 14.2. The zero-order valence-electron chi connectivity index (χ0n) is 14.2. The SMILES string of the molecule is Cc1cc(CN2CCNCC2)ccc1OC1(C(=O)O)CCSCC1. The molecule has 2 fully saturated rings. The maximum Gasteiger partial charge on any atom is 0.348 e. The number of nitrogens with one attached hydrogen (secondary N) is 1. The molecule has 2 aliphatic heterocycles. The van der Waals surface area contributed by atoms with Crippen molar-refractivity contribution in [1.82, 2.24) is 10.2 Å². The average Bonchev–Trinajstić information content (AvgIpc) is 2.59. The van der Waals surface area contributed by atoms with Gasteiger partial charge in [0.15, 0.2) is 0 Å². The van der Waals surface area contributed by atoms with E-state index in [1.54, 1.807) is 11.8 Å². The Labute approximate surface area is 147 Å². The number of piperazine rings is 1. The van der Waals surface area contributed by atoms with Gasteiger partial charge in [0.2, 0.25) is 5.60 Å². The van der Waals surface area contributed by atoms with Gasteiger partial charge < -0.3 is 15.2 Å². The van der Waals surface area contributed by atoms with Crippen LogP contribution in [0.1, 0.15) is 24.0 Å². The van der Waals surface area contributed by atoms with Crippen molar-refractivity contribution in [3.63, 3.8) is 0 Å². The summed E-state index contributed by atoms with van der Waals surface area (Å²) in [7, 11) is 0. The monoisotopic (exact) mass is 350 g/mol. The highest BCUT2D eigenvalue weighted by Crippen LogP contribution is 2.34. The summed E-state index contributed by atoms with van der Waals surface area (Å²) < 4.78 is 6.04. The van der Waals surface area contributed by atoms with Crippen LogP contribution in [0.25, 0.3) is 0 Å². The highest BCUT2D eigenvalue weighted by molar-refractivity contribution is 7.99. The summed E-state index contributed by atoms with van der Waals surface area (Å²) in [6.07, 6.45) is 1.13. The van der Waals surface area contributed by atoms with Crippen molar-refractivity contribution < 1.29 is 14.6 Å². The molecule has 1 aromatic rings. The van der Waals surface area contributed by atoms with Crippen molar-refractivity contribution in [2.75, 3.05) is 37.7 Å². The minimum atomic E-state index is -1.06. The van der Waals surface area contributed by atoms with Gasteiger partial charge in [-0.05, 0) is 35.6 Å². The number of carboxylic acids is 1.